The maximum atomic E-state index is 6.03. The molecule has 0 radical (unpaired) electrons. The zero-order valence-electron chi connectivity index (χ0n) is 9.43. The second-order valence-corrected chi connectivity index (χ2v) is 4.67. The number of aromatic nitrogens is 3. The quantitative estimate of drug-likeness (QED) is 0.778. The molecule has 0 aromatic carbocycles. The maximum Gasteiger partial charge on any atom is 0.162 e. The van der Waals surface area contributed by atoms with E-state index in [-0.39, 0.29) is 12.1 Å². The highest BCUT2D eigenvalue weighted by atomic mass is 16.5. The fourth-order valence-corrected chi connectivity index (χ4v) is 2.61. The van der Waals surface area contributed by atoms with Gasteiger partial charge in [-0.15, -0.1) is 10.2 Å². The van der Waals surface area contributed by atoms with Crippen LogP contribution in [0.4, 0.5) is 0 Å². The number of hydrogen-bond donors (Lipinski definition) is 1. The van der Waals surface area contributed by atoms with Gasteiger partial charge in [-0.25, -0.2) is 0 Å². The minimum Gasteiger partial charge on any atom is -0.370 e. The van der Waals surface area contributed by atoms with E-state index in [2.05, 4.69) is 14.8 Å². The van der Waals surface area contributed by atoms with Crippen LogP contribution in [0.25, 0.3) is 0 Å². The first-order valence-electron chi connectivity index (χ1n) is 6.16. The first-order chi connectivity index (χ1) is 7.86. The lowest BCUT2D eigenvalue weighted by Crippen LogP contribution is -2.25. The van der Waals surface area contributed by atoms with Gasteiger partial charge in [0.25, 0.3) is 0 Å². The van der Waals surface area contributed by atoms with Crippen molar-refractivity contribution >= 4 is 0 Å². The molecule has 1 fully saturated rings. The lowest BCUT2D eigenvalue weighted by Gasteiger charge is -2.25. The number of nitrogens with two attached hydrogens (primary N) is 1. The fraction of sp³-hybridized carbons (Fsp3) is 0.818. The number of nitrogens with zero attached hydrogens (tertiary/aromatic N) is 3. The molecule has 88 valence electrons. The Morgan fingerprint density at radius 2 is 2.00 bits per heavy atom. The van der Waals surface area contributed by atoms with Crippen LogP contribution in [0.2, 0.25) is 0 Å². The van der Waals surface area contributed by atoms with E-state index >= 15 is 0 Å². The molecule has 0 aliphatic carbocycles. The molecule has 1 aromatic rings. The van der Waals surface area contributed by atoms with Gasteiger partial charge in [0.05, 0.1) is 6.04 Å². The van der Waals surface area contributed by atoms with Gasteiger partial charge in [-0.2, -0.15) is 0 Å². The number of rotatable bonds is 1. The summed E-state index contributed by atoms with van der Waals surface area (Å²) in [6.45, 7) is 1.84. The van der Waals surface area contributed by atoms with Gasteiger partial charge in [-0.1, -0.05) is 0 Å². The van der Waals surface area contributed by atoms with E-state index in [1.165, 1.54) is 6.42 Å². The van der Waals surface area contributed by atoms with Crippen molar-refractivity contribution in [1.29, 1.82) is 0 Å². The Hall–Kier alpha value is -0.940. The van der Waals surface area contributed by atoms with Gasteiger partial charge in [0.1, 0.15) is 11.9 Å². The summed E-state index contributed by atoms with van der Waals surface area (Å²) in [5.41, 5.74) is 6.03. The molecule has 2 aliphatic rings. The van der Waals surface area contributed by atoms with Crippen LogP contribution in [0.5, 0.6) is 0 Å². The molecule has 0 bridgehead atoms. The van der Waals surface area contributed by atoms with Crippen LogP contribution in [0, 0.1) is 0 Å². The maximum absolute atomic E-state index is 6.03. The van der Waals surface area contributed by atoms with E-state index in [1.54, 1.807) is 0 Å². The molecule has 0 saturated carbocycles. The molecule has 5 heteroatoms. The van der Waals surface area contributed by atoms with Gasteiger partial charge in [-0.05, 0) is 32.1 Å². The molecule has 2 aliphatic heterocycles. The van der Waals surface area contributed by atoms with Crippen LogP contribution < -0.4 is 5.73 Å². The van der Waals surface area contributed by atoms with Crippen molar-refractivity contribution < 1.29 is 4.74 Å². The van der Waals surface area contributed by atoms with E-state index in [0.29, 0.717) is 0 Å². The average molecular weight is 222 g/mol. The molecule has 16 heavy (non-hydrogen) atoms. The molecule has 3 heterocycles. The summed E-state index contributed by atoms with van der Waals surface area (Å²) in [6.07, 6.45) is 5.72. The minimum absolute atomic E-state index is 0.0543. The van der Waals surface area contributed by atoms with Crippen LogP contribution in [0.15, 0.2) is 0 Å². The Kier molecular flexibility index (Phi) is 2.65. The van der Waals surface area contributed by atoms with Crippen LogP contribution in [-0.2, 0) is 11.3 Å². The molecule has 3 rings (SSSR count). The molecular weight excluding hydrogens is 204 g/mol. The zero-order chi connectivity index (χ0) is 11.0. The molecule has 1 saturated heterocycles. The van der Waals surface area contributed by atoms with Gasteiger partial charge in [0.15, 0.2) is 5.82 Å². The first kappa shape index (κ1) is 10.2. The van der Waals surface area contributed by atoms with Gasteiger partial charge in [0, 0.05) is 13.2 Å². The van der Waals surface area contributed by atoms with Gasteiger partial charge >= 0.3 is 0 Å². The first-order valence-corrected chi connectivity index (χ1v) is 6.16. The van der Waals surface area contributed by atoms with Crippen LogP contribution in [0.1, 0.15) is 55.9 Å². The summed E-state index contributed by atoms with van der Waals surface area (Å²) in [7, 11) is 0. The van der Waals surface area contributed by atoms with Crippen molar-refractivity contribution in [1.82, 2.24) is 14.8 Å². The Bertz CT molecular complexity index is 370. The molecule has 5 nitrogen and oxygen atoms in total. The highest BCUT2D eigenvalue weighted by Crippen LogP contribution is 2.30. The normalized spacial score (nSPS) is 30.1. The molecule has 2 N–H and O–H groups in total. The lowest BCUT2D eigenvalue weighted by atomic mass is 10.1. The predicted molar refractivity (Wildman–Crippen MR) is 58.7 cm³/mol. The lowest BCUT2D eigenvalue weighted by molar-refractivity contribution is 0.00670. The van der Waals surface area contributed by atoms with E-state index in [9.17, 15) is 0 Å². The van der Waals surface area contributed by atoms with E-state index < -0.39 is 0 Å². The molecule has 0 spiro atoms. The largest absolute Gasteiger partial charge is 0.370 e. The molecule has 0 amide bonds. The number of hydrogen-bond acceptors (Lipinski definition) is 4. The Labute approximate surface area is 95.0 Å². The van der Waals surface area contributed by atoms with Crippen molar-refractivity contribution in [2.45, 2.75) is 50.8 Å². The van der Waals surface area contributed by atoms with Crippen molar-refractivity contribution in [2.24, 2.45) is 5.73 Å². The van der Waals surface area contributed by atoms with Gasteiger partial charge in [0.2, 0.25) is 0 Å². The summed E-state index contributed by atoms with van der Waals surface area (Å²) in [5, 5.41) is 8.50. The van der Waals surface area contributed by atoms with Crippen LogP contribution in [0.3, 0.4) is 0 Å². The third kappa shape index (κ3) is 1.64. The van der Waals surface area contributed by atoms with Gasteiger partial charge in [-0.3, -0.25) is 0 Å². The summed E-state index contributed by atoms with van der Waals surface area (Å²) in [5.74, 6) is 1.93. The second kappa shape index (κ2) is 4.14. The van der Waals surface area contributed by atoms with Crippen molar-refractivity contribution in [3.63, 3.8) is 0 Å². The minimum atomic E-state index is 0.0543. The molecular formula is C11H18N4O. The molecule has 2 unspecified atom stereocenters. The van der Waals surface area contributed by atoms with Crippen molar-refractivity contribution in [2.75, 3.05) is 6.61 Å². The van der Waals surface area contributed by atoms with E-state index in [1.807, 2.05) is 0 Å². The molecule has 2 atom stereocenters. The zero-order valence-corrected chi connectivity index (χ0v) is 9.43. The van der Waals surface area contributed by atoms with Crippen molar-refractivity contribution in [3.8, 4) is 0 Å². The summed E-state index contributed by atoms with van der Waals surface area (Å²) in [6, 6.07) is 0.0543. The standard InChI is InChI=1S/C11H18N4O/c12-8-4-3-6-15-10(8)13-14-11(15)9-5-1-2-7-16-9/h8-9H,1-7,12H2. The third-order valence-corrected chi connectivity index (χ3v) is 3.50. The Balaban J connectivity index is 1.89. The summed E-state index contributed by atoms with van der Waals surface area (Å²) < 4.78 is 7.93. The number of fused-ring (bicyclic) bond motifs is 1. The second-order valence-electron chi connectivity index (χ2n) is 4.67. The fourth-order valence-electron chi connectivity index (χ4n) is 2.61. The van der Waals surface area contributed by atoms with E-state index in [0.717, 1.165) is 50.5 Å². The topological polar surface area (TPSA) is 66.0 Å². The SMILES string of the molecule is NC1CCCn2c1nnc2C1CCCCO1. The predicted octanol–water partition coefficient (Wildman–Crippen LogP) is 1.31. The Morgan fingerprint density at radius 1 is 1.12 bits per heavy atom. The van der Waals surface area contributed by atoms with Crippen LogP contribution in [-0.4, -0.2) is 21.4 Å². The highest BCUT2D eigenvalue weighted by Gasteiger charge is 2.27. The summed E-state index contributed by atoms with van der Waals surface area (Å²) in [4.78, 5) is 0. The Morgan fingerprint density at radius 3 is 2.81 bits per heavy atom. The summed E-state index contributed by atoms with van der Waals surface area (Å²) >= 11 is 0. The highest BCUT2D eigenvalue weighted by molar-refractivity contribution is 5.06. The van der Waals surface area contributed by atoms with Crippen molar-refractivity contribution in [3.05, 3.63) is 11.6 Å². The average Bonchev–Trinajstić information content (AvgIpc) is 2.75. The van der Waals surface area contributed by atoms with Crippen LogP contribution >= 0.6 is 0 Å². The number of ether oxygens (including phenoxy) is 1. The smallest absolute Gasteiger partial charge is 0.162 e. The third-order valence-electron chi connectivity index (χ3n) is 3.50. The molecule has 1 aromatic heterocycles. The van der Waals surface area contributed by atoms with E-state index in [4.69, 9.17) is 10.5 Å². The monoisotopic (exact) mass is 222 g/mol. The van der Waals surface area contributed by atoms with Gasteiger partial charge < -0.3 is 15.0 Å².